The maximum absolute atomic E-state index is 12.3. The first-order valence-electron chi connectivity index (χ1n) is 6.90. The van der Waals surface area contributed by atoms with E-state index >= 15 is 0 Å². The molecule has 1 aromatic carbocycles. The van der Waals surface area contributed by atoms with E-state index in [1.165, 1.54) is 0 Å². The summed E-state index contributed by atoms with van der Waals surface area (Å²) < 4.78 is 0. The van der Waals surface area contributed by atoms with Gasteiger partial charge in [0.05, 0.1) is 5.56 Å². The number of carbonyl (C=O) groups is 1. The summed E-state index contributed by atoms with van der Waals surface area (Å²) in [6.45, 7) is 2.03. The molecule has 4 nitrogen and oxygen atoms in total. The summed E-state index contributed by atoms with van der Waals surface area (Å²) in [5.74, 6) is 0.0373. The number of nitrogen functional groups attached to an aromatic ring is 1. The van der Waals surface area contributed by atoms with Gasteiger partial charge in [-0.25, -0.2) is 0 Å². The van der Waals surface area contributed by atoms with Crippen LogP contribution < -0.4 is 11.1 Å². The lowest BCUT2D eigenvalue weighted by Gasteiger charge is -2.31. The number of rotatable bonds is 3. The fraction of sp³-hybridized carbons (Fsp3) is 0.533. The van der Waals surface area contributed by atoms with Crippen molar-refractivity contribution in [1.82, 2.24) is 5.32 Å². The van der Waals surface area contributed by atoms with E-state index in [-0.39, 0.29) is 24.5 Å². The third-order valence-corrected chi connectivity index (χ3v) is 4.03. The molecule has 0 heterocycles. The van der Waals surface area contributed by atoms with Crippen molar-refractivity contribution >= 4 is 11.6 Å². The second-order valence-electron chi connectivity index (χ2n) is 5.34. The third kappa shape index (κ3) is 3.07. The Balaban J connectivity index is 2.09. The predicted molar refractivity (Wildman–Crippen MR) is 75.9 cm³/mol. The highest BCUT2D eigenvalue weighted by atomic mass is 16.3. The van der Waals surface area contributed by atoms with Crippen molar-refractivity contribution in [2.75, 3.05) is 12.3 Å². The first-order chi connectivity index (χ1) is 9.13. The van der Waals surface area contributed by atoms with Crippen LogP contribution in [0.15, 0.2) is 18.2 Å². The quantitative estimate of drug-likeness (QED) is 0.728. The molecule has 1 aliphatic rings. The Hall–Kier alpha value is -1.55. The van der Waals surface area contributed by atoms with Gasteiger partial charge in [-0.05, 0) is 31.4 Å². The van der Waals surface area contributed by atoms with E-state index in [1.54, 1.807) is 6.07 Å². The number of amides is 1. The minimum absolute atomic E-state index is 0.0613. The molecule has 1 aromatic rings. The summed E-state index contributed by atoms with van der Waals surface area (Å²) >= 11 is 0. The minimum Gasteiger partial charge on any atom is -0.398 e. The number of aryl methyl sites for hydroxylation is 1. The summed E-state index contributed by atoms with van der Waals surface area (Å²) in [6.07, 6.45) is 4.14. The van der Waals surface area contributed by atoms with Gasteiger partial charge in [0.15, 0.2) is 0 Å². The molecule has 4 heteroatoms. The summed E-state index contributed by atoms with van der Waals surface area (Å²) in [6, 6.07) is 5.54. The second kappa shape index (κ2) is 6.06. The number of benzene rings is 1. The van der Waals surface area contributed by atoms with Crippen LogP contribution >= 0.6 is 0 Å². The normalized spacial score (nSPS) is 23.1. The molecule has 0 aromatic heterocycles. The molecule has 1 aliphatic carbocycles. The minimum atomic E-state index is -0.133. The molecule has 1 fully saturated rings. The lowest BCUT2D eigenvalue weighted by atomic mass is 9.85. The van der Waals surface area contributed by atoms with Crippen LogP contribution in [0.5, 0.6) is 0 Å². The number of aliphatic hydroxyl groups is 1. The van der Waals surface area contributed by atoms with E-state index in [0.717, 1.165) is 31.2 Å². The van der Waals surface area contributed by atoms with Gasteiger partial charge >= 0.3 is 0 Å². The van der Waals surface area contributed by atoms with E-state index in [2.05, 4.69) is 5.32 Å². The lowest BCUT2D eigenvalue weighted by Crippen LogP contribution is -2.43. The van der Waals surface area contributed by atoms with Gasteiger partial charge in [-0.3, -0.25) is 4.79 Å². The van der Waals surface area contributed by atoms with Gasteiger partial charge in [0.25, 0.3) is 5.91 Å². The van der Waals surface area contributed by atoms with Gasteiger partial charge in [-0.1, -0.05) is 25.0 Å². The van der Waals surface area contributed by atoms with Gasteiger partial charge < -0.3 is 16.2 Å². The Bertz CT molecular complexity index is 459. The van der Waals surface area contributed by atoms with Crippen LogP contribution in [-0.2, 0) is 0 Å². The van der Waals surface area contributed by atoms with E-state index < -0.39 is 0 Å². The molecule has 1 saturated carbocycles. The fourth-order valence-electron chi connectivity index (χ4n) is 2.74. The molecule has 0 unspecified atom stereocenters. The number of hydrogen-bond donors (Lipinski definition) is 3. The number of carbonyl (C=O) groups excluding carboxylic acids is 1. The Labute approximate surface area is 114 Å². The zero-order valence-electron chi connectivity index (χ0n) is 11.4. The molecule has 1 amide bonds. The van der Waals surface area contributed by atoms with Gasteiger partial charge in [0, 0.05) is 24.3 Å². The average Bonchev–Trinajstić information content (AvgIpc) is 2.42. The molecule has 0 spiro atoms. The number of aliphatic hydroxyl groups excluding tert-OH is 1. The number of nitrogens with one attached hydrogen (secondary N) is 1. The molecule has 19 heavy (non-hydrogen) atoms. The monoisotopic (exact) mass is 262 g/mol. The highest BCUT2D eigenvalue weighted by molar-refractivity contribution is 5.99. The second-order valence-corrected chi connectivity index (χ2v) is 5.34. The zero-order valence-corrected chi connectivity index (χ0v) is 11.4. The summed E-state index contributed by atoms with van der Waals surface area (Å²) in [5.41, 5.74) is 7.93. The largest absolute Gasteiger partial charge is 0.398 e. The maximum atomic E-state index is 12.3. The number of nitrogens with two attached hydrogens (primary N) is 1. The maximum Gasteiger partial charge on any atom is 0.253 e. The van der Waals surface area contributed by atoms with E-state index in [9.17, 15) is 9.90 Å². The Kier molecular flexibility index (Phi) is 4.43. The van der Waals surface area contributed by atoms with Crippen LogP contribution in [0.3, 0.4) is 0 Å². The number of para-hydroxylation sites is 1. The first kappa shape index (κ1) is 13.9. The van der Waals surface area contributed by atoms with E-state index in [4.69, 9.17) is 5.73 Å². The summed E-state index contributed by atoms with van der Waals surface area (Å²) in [5, 5.41) is 12.4. The highest BCUT2D eigenvalue weighted by Crippen LogP contribution is 2.25. The van der Waals surface area contributed by atoms with Crippen LogP contribution in [0.4, 0.5) is 5.69 Å². The van der Waals surface area contributed by atoms with Gasteiger partial charge in [0.1, 0.15) is 0 Å². The molecule has 4 N–H and O–H groups in total. The average molecular weight is 262 g/mol. The molecule has 0 aliphatic heterocycles. The topological polar surface area (TPSA) is 75.3 Å². The Morgan fingerprint density at radius 2 is 2.16 bits per heavy atom. The molecular weight excluding hydrogens is 240 g/mol. The molecule has 0 saturated heterocycles. The van der Waals surface area contributed by atoms with Crippen LogP contribution in [0, 0.1) is 12.8 Å². The molecular formula is C15H22N2O2. The van der Waals surface area contributed by atoms with Crippen molar-refractivity contribution in [3.8, 4) is 0 Å². The van der Waals surface area contributed by atoms with Crippen molar-refractivity contribution < 1.29 is 9.90 Å². The zero-order chi connectivity index (χ0) is 13.8. The smallest absolute Gasteiger partial charge is 0.253 e. The number of hydrogen-bond acceptors (Lipinski definition) is 3. The van der Waals surface area contributed by atoms with Crippen molar-refractivity contribution in [3.05, 3.63) is 29.3 Å². The first-order valence-corrected chi connectivity index (χ1v) is 6.90. The highest BCUT2D eigenvalue weighted by Gasteiger charge is 2.26. The predicted octanol–water partition coefficient (Wildman–Crippen LogP) is 1.86. The van der Waals surface area contributed by atoms with Gasteiger partial charge in [-0.2, -0.15) is 0 Å². The van der Waals surface area contributed by atoms with Crippen molar-refractivity contribution in [3.63, 3.8) is 0 Å². The molecule has 0 radical (unpaired) electrons. The van der Waals surface area contributed by atoms with Crippen LogP contribution in [0.1, 0.15) is 41.6 Å². The van der Waals surface area contributed by atoms with Crippen molar-refractivity contribution in [2.45, 2.75) is 38.6 Å². The van der Waals surface area contributed by atoms with Crippen LogP contribution in [0.2, 0.25) is 0 Å². The van der Waals surface area contributed by atoms with Crippen molar-refractivity contribution in [2.24, 2.45) is 5.92 Å². The fourth-order valence-corrected chi connectivity index (χ4v) is 2.74. The molecule has 104 valence electrons. The summed E-state index contributed by atoms with van der Waals surface area (Å²) in [4.78, 5) is 12.3. The van der Waals surface area contributed by atoms with Gasteiger partial charge in [-0.15, -0.1) is 0 Å². The van der Waals surface area contributed by atoms with Crippen LogP contribution in [0.25, 0.3) is 0 Å². The van der Waals surface area contributed by atoms with Gasteiger partial charge in [0.2, 0.25) is 0 Å². The van der Waals surface area contributed by atoms with Crippen LogP contribution in [-0.4, -0.2) is 23.7 Å². The lowest BCUT2D eigenvalue weighted by molar-refractivity contribution is 0.0873. The van der Waals surface area contributed by atoms with E-state index in [1.807, 2.05) is 19.1 Å². The Morgan fingerprint density at radius 3 is 2.89 bits per heavy atom. The third-order valence-electron chi connectivity index (χ3n) is 4.03. The molecule has 2 atom stereocenters. The Morgan fingerprint density at radius 1 is 1.42 bits per heavy atom. The number of anilines is 1. The van der Waals surface area contributed by atoms with E-state index in [0.29, 0.717) is 11.3 Å². The van der Waals surface area contributed by atoms with Crippen molar-refractivity contribution in [1.29, 1.82) is 0 Å². The molecule has 2 rings (SSSR count). The summed E-state index contributed by atoms with van der Waals surface area (Å²) in [7, 11) is 0. The SMILES string of the molecule is Cc1cccc(C(=O)N[C@@H]2CCCC[C@@H]2CO)c1N. The molecule has 0 bridgehead atoms. The standard InChI is InChI=1S/C15H22N2O2/c1-10-5-4-7-12(14(10)16)15(19)17-13-8-3-2-6-11(13)9-18/h4-5,7,11,13,18H,2-3,6,8-9,16H2,1H3,(H,17,19)/t11-,13-/m1/s1.